The van der Waals surface area contributed by atoms with Crippen molar-refractivity contribution in [3.05, 3.63) is 57.8 Å². The Kier molecular flexibility index (Phi) is 4.22. The average Bonchev–Trinajstić information content (AvgIpc) is 3.22. The van der Waals surface area contributed by atoms with Crippen LogP contribution in [0.2, 0.25) is 0 Å². The average molecular weight is 405 g/mol. The molecular formula is C19H21BrN2O3. The summed E-state index contributed by atoms with van der Waals surface area (Å²) in [6.45, 7) is 1.66. The number of nitrogens with zero attached hydrogens (tertiary/aromatic N) is 2. The van der Waals surface area contributed by atoms with E-state index in [-0.39, 0.29) is 11.9 Å². The first-order valence-corrected chi connectivity index (χ1v) is 9.27. The van der Waals surface area contributed by atoms with Gasteiger partial charge < -0.3 is 19.3 Å². The predicted octanol–water partition coefficient (Wildman–Crippen LogP) is 2.90. The van der Waals surface area contributed by atoms with E-state index in [1.165, 1.54) is 0 Å². The lowest BCUT2D eigenvalue weighted by molar-refractivity contribution is 0.0383. The van der Waals surface area contributed by atoms with Crippen molar-refractivity contribution >= 4 is 21.8 Å². The number of hydrogen-bond acceptors (Lipinski definition) is 3. The van der Waals surface area contributed by atoms with Crippen LogP contribution in [0.4, 0.5) is 0 Å². The lowest BCUT2D eigenvalue weighted by atomic mass is 9.99. The molecule has 4 rings (SSSR count). The first-order valence-electron chi connectivity index (χ1n) is 8.48. The van der Waals surface area contributed by atoms with E-state index in [0.717, 1.165) is 28.4 Å². The second-order valence-corrected chi connectivity index (χ2v) is 7.84. The summed E-state index contributed by atoms with van der Waals surface area (Å²) in [6, 6.07) is 9.71. The predicted molar refractivity (Wildman–Crippen MR) is 97.2 cm³/mol. The number of halogens is 1. The number of benzene rings is 1. The van der Waals surface area contributed by atoms with E-state index in [1.807, 2.05) is 46.0 Å². The first-order chi connectivity index (χ1) is 12.0. The van der Waals surface area contributed by atoms with Gasteiger partial charge in [-0.3, -0.25) is 4.79 Å². The maximum absolute atomic E-state index is 13.1. The Hall–Kier alpha value is -1.63. The number of ether oxygens (including phenoxy) is 1. The van der Waals surface area contributed by atoms with Gasteiger partial charge in [-0.05, 0) is 46.0 Å². The van der Waals surface area contributed by atoms with Gasteiger partial charge in [0.2, 0.25) is 0 Å². The molecule has 1 fully saturated rings. The molecule has 1 amide bonds. The van der Waals surface area contributed by atoms with E-state index in [0.29, 0.717) is 25.4 Å². The Balaban J connectivity index is 1.68. The van der Waals surface area contributed by atoms with Crippen molar-refractivity contribution in [3.63, 3.8) is 0 Å². The Morgan fingerprint density at radius 2 is 2.12 bits per heavy atom. The number of carbonyl (C=O) groups excluding carboxylic acids is 1. The minimum absolute atomic E-state index is 0.00316. The van der Waals surface area contributed by atoms with Crippen molar-refractivity contribution in [1.82, 2.24) is 9.47 Å². The molecule has 1 N–H and O–H groups in total. The van der Waals surface area contributed by atoms with Gasteiger partial charge in [0.05, 0.1) is 18.2 Å². The summed E-state index contributed by atoms with van der Waals surface area (Å²) in [7, 11) is 1.66. The van der Waals surface area contributed by atoms with Crippen LogP contribution in [0, 0.1) is 0 Å². The summed E-state index contributed by atoms with van der Waals surface area (Å²) in [5.41, 5.74) is 1.93. The second kappa shape index (κ2) is 6.27. The number of hydrogen-bond donors (Lipinski definition) is 1. The van der Waals surface area contributed by atoms with Crippen LogP contribution in [-0.4, -0.2) is 40.2 Å². The summed E-state index contributed by atoms with van der Waals surface area (Å²) in [5.74, 6) is -0.00316. The molecule has 0 radical (unpaired) electrons. The Bertz CT molecular complexity index is 813. The number of aliphatic hydroxyl groups is 1. The molecule has 1 aromatic heterocycles. The number of methoxy groups -OCH3 is 1. The van der Waals surface area contributed by atoms with E-state index in [9.17, 15) is 9.90 Å². The summed E-state index contributed by atoms with van der Waals surface area (Å²) in [6.07, 6.45) is 3.51. The highest BCUT2D eigenvalue weighted by Crippen LogP contribution is 2.46. The number of rotatable bonds is 5. The van der Waals surface area contributed by atoms with E-state index >= 15 is 0 Å². The van der Waals surface area contributed by atoms with E-state index in [4.69, 9.17) is 4.74 Å². The van der Waals surface area contributed by atoms with Crippen molar-refractivity contribution in [2.45, 2.75) is 37.6 Å². The van der Waals surface area contributed by atoms with E-state index < -0.39 is 5.60 Å². The minimum Gasteiger partial charge on any atom is -0.385 e. The summed E-state index contributed by atoms with van der Waals surface area (Å²) in [5, 5.41) is 10.6. The first kappa shape index (κ1) is 16.8. The van der Waals surface area contributed by atoms with Gasteiger partial charge in [-0.15, -0.1) is 0 Å². The van der Waals surface area contributed by atoms with Crippen LogP contribution in [-0.2, 0) is 23.4 Å². The van der Waals surface area contributed by atoms with Crippen LogP contribution in [0.5, 0.6) is 0 Å². The molecule has 2 aliphatic rings. The SMILES string of the molecule is COC[C@H]1Cn2cc(Br)cc2C(=O)N1Cc1ccccc1C1(O)CC1. The standard InChI is InChI=1S/C19H21BrN2O3/c1-25-12-15-11-21-10-14(20)8-17(21)18(23)22(15)9-13-4-2-3-5-16(13)19(24)6-7-19/h2-5,8,10,15,24H,6-7,9,11-12H2,1H3/t15-/m1/s1. The van der Waals surface area contributed by atoms with Crippen molar-refractivity contribution in [2.75, 3.05) is 13.7 Å². The summed E-state index contributed by atoms with van der Waals surface area (Å²) < 4.78 is 8.24. The molecule has 132 valence electrons. The van der Waals surface area contributed by atoms with Crippen LogP contribution in [0.1, 0.15) is 34.5 Å². The third kappa shape index (κ3) is 3.03. The normalized spacial score (nSPS) is 21.3. The van der Waals surface area contributed by atoms with Crippen LogP contribution in [0.15, 0.2) is 41.0 Å². The fourth-order valence-electron chi connectivity index (χ4n) is 3.66. The van der Waals surface area contributed by atoms with Crippen molar-refractivity contribution in [2.24, 2.45) is 0 Å². The number of fused-ring (bicyclic) bond motifs is 1. The maximum Gasteiger partial charge on any atom is 0.271 e. The van der Waals surface area contributed by atoms with Crippen molar-refractivity contribution in [1.29, 1.82) is 0 Å². The highest BCUT2D eigenvalue weighted by molar-refractivity contribution is 9.10. The highest BCUT2D eigenvalue weighted by atomic mass is 79.9. The molecule has 1 aliphatic heterocycles. The number of aromatic nitrogens is 1. The van der Waals surface area contributed by atoms with E-state index in [1.54, 1.807) is 7.11 Å². The molecule has 1 saturated carbocycles. The zero-order chi connectivity index (χ0) is 17.6. The molecule has 0 bridgehead atoms. The largest absolute Gasteiger partial charge is 0.385 e. The lowest BCUT2D eigenvalue weighted by Gasteiger charge is -2.37. The molecule has 2 heterocycles. The van der Waals surface area contributed by atoms with Gasteiger partial charge in [0.1, 0.15) is 5.69 Å². The zero-order valence-corrected chi connectivity index (χ0v) is 15.7. The Labute approximate surface area is 155 Å². The Morgan fingerprint density at radius 3 is 2.84 bits per heavy atom. The van der Waals surface area contributed by atoms with Gasteiger partial charge in [-0.25, -0.2) is 0 Å². The summed E-state index contributed by atoms with van der Waals surface area (Å²) in [4.78, 5) is 14.9. The van der Waals surface area contributed by atoms with Crippen LogP contribution >= 0.6 is 15.9 Å². The molecule has 1 aliphatic carbocycles. The molecule has 1 aromatic carbocycles. The fraction of sp³-hybridized carbons (Fsp3) is 0.421. The second-order valence-electron chi connectivity index (χ2n) is 6.93. The molecule has 6 heteroatoms. The van der Waals surface area contributed by atoms with Gasteiger partial charge >= 0.3 is 0 Å². The van der Waals surface area contributed by atoms with Gasteiger partial charge in [-0.2, -0.15) is 0 Å². The van der Waals surface area contributed by atoms with Gasteiger partial charge in [0, 0.05) is 30.9 Å². The quantitative estimate of drug-likeness (QED) is 0.833. The Morgan fingerprint density at radius 1 is 1.36 bits per heavy atom. The maximum atomic E-state index is 13.1. The monoisotopic (exact) mass is 404 g/mol. The molecule has 0 unspecified atom stereocenters. The minimum atomic E-state index is -0.713. The molecule has 5 nitrogen and oxygen atoms in total. The molecule has 0 spiro atoms. The molecule has 1 atom stereocenters. The van der Waals surface area contributed by atoms with Crippen LogP contribution in [0.3, 0.4) is 0 Å². The smallest absolute Gasteiger partial charge is 0.271 e. The van der Waals surface area contributed by atoms with Crippen molar-refractivity contribution in [3.8, 4) is 0 Å². The fourth-order valence-corrected chi connectivity index (χ4v) is 4.13. The lowest BCUT2D eigenvalue weighted by Crippen LogP contribution is -2.49. The van der Waals surface area contributed by atoms with Crippen molar-refractivity contribution < 1.29 is 14.6 Å². The number of amides is 1. The van der Waals surface area contributed by atoms with Crippen LogP contribution < -0.4 is 0 Å². The van der Waals surface area contributed by atoms with Crippen LogP contribution in [0.25, 0.3) is 0 Å². The van der Waals surface area contributed by atoms with E-state index in [2.05, 4.69) is 15.9 Å². The molecule has 0 saturated heterocycles. The zero-order valence-electron chi connectivity index (χ0n) is 14.1. The molecule has 25 heavy (non-hydrogen) atoms. The van der Waals surface area contributed by atoms with Gasteiger partial charge in [0.25, 0.3) is 5.91 Å². The third-order valence-corrected chi connectivity index (χ3v) is 5.57. The molecular weight excluding hydrogens is 384 g/mol. The third-order valence-electron chi connectivity index (χ3n) is 5.13. The van der Waals surface area contributed by atoms with Gasteiger partial charge in [-0.1, -0.05) is 24.3 Å². The van der Waals surface area contributed by atoms with Gasteiger partial charge in [0.15, 0.2) is 0 Å². The molecule has 2 aromatic rings. The highest BCUT2D eigenvalue weighted by Gasteiger charge is 2.44. The number of carbonyl (C=O) groups is 1. The topological polar surface area (TPSA) is 54.7 Å². The summed E-state index contributed by atoms with van der Waals surface area (Å²) >= 11 is 3.46.